The number of nitrogens with one attached hydrogen (secondary N) is 1. The lowest BCUT2D eigenvalue weighted by Gasteiger charge is -2.13. The van der Waals surface area contributed by atoms with E-state index in [4.69, 9.17) is 4.74 Å². The summed E-state index contributed by atoms with van der Waals surface area (Å²) in [5.74, 6) is -1.50. The van der Waals surface area contributed by atoms with E-state index >= 15 is 0 Å². The normalized spacial score (nSPS) is 13.4. The topological polar surface area (TPSA) is 84.4 Å². The highest BCUT2D eigenvalue weighted by atomic mass is 19.1. The Morgan fingerprint density at radius 1 is 1.06 bits per heavy atom. The van der Waals surface area contributed by atoms with Crippen LogP contribution in [0.25, 0.3) is 5.69 Å². The molecule has 1 saturated heterocycles. The van der Waals surface area contributed by atoms with Gasteiger partial charge in [0.25, 0.3) is 5.91 Å². The van der Waals surface area contributed by atoms with Crippen LogP contribution in [0.3, 0.4) is 0 Å². The van der Waals surface area contributed by atoms with Crippen LogP contribution in [-0.4, -0.2) is 51.8 Å². The fourth-order valence-electron chi connectivity index (χ4n) is 4.02. The number of aromatic amines is 1. The second-order valence-electron chi connectivity index (χ2n) is 7.90. The minimum Gasteiger partial charge on any atom is -0.454 e. The summed E-state index contributed by atoms with van der Waals surface area (Å²) < 4.78 is 20.3. The van der Waals surface area contributed by atoms with Gasteiger partial charge in [0.05, 0.1) is 5.56 Å². The predicted octanol–water partition coefficient (Wildman–Crippen LogP) is 3.84. The molecule has 1 N–H and O–H groups in total. The van der Waals surface area contributed by atoms with Crippen LogP contribution in [0.1, 0.15) is 55.4 Å². The molecule has 1 aliphatic rings. The Morgan fingerprint density at radius 2 is 1.75 bits per heavy atom. The van der Waals surface area contributed by atoms with E-state index in [0.717, 1.165) is 37.3 Å². The first-order valence-corrected chi connectivity index (χ1v) is 10.5. The lowest BCUT2D eigenvalue weighted by molar-refractivity contribution is 0.0474. The van der Waals surface area contributed by atoms with Gasteiger partial charge in [-0.2, -0.15) is 0 Å². The number of hydrogen-bond donors (Lipinski definition) is 1. The Hall–Kier alpha value is -3.68. The molecule has 8 heteroatoms. The molecule has 3 aromatic rings. The van der Waals surface area contributed by atoms with Crippen LogP contribution >= 0.6 is 0 Å². The number of aromatic nitrogens is 2. The largest absolute Gasteiger partial charge is 0.454 e. The molecule has 3 heterocycles. The summed E-state index contributed by atoms with van der Waals surface area (Å²) in [6.45, 7) is 4.59. The Labute approximate surface area is 184 Å². The molecule has 0 saturated carbocycles. The minimum absolute atomic E-state index is 0.133. The molecule has 0 bridgehead atoms. The molecule has 0 spiro atoms. The summed E-state index contributed by atoms with van der Waals surface area (Å²) in [6.07, 6.45) is 3.42. The number of esters is 1. The average Bonchev–Trinajstić information content (AvgIpc) is 3.53. The second kappa shape index (κ2) is 8.82. The zero-order valence-corrected chi connectivity index (χ0v) is 18.0. The Kier molecular flexibility index (Phi) is 5.94. The van der Waals surface area contributed by atoms with Crippen molar-refractivity contribution in [3.8, 4) is 5.69 Å². The van der Waals surface area contributed by atoms with Crippen LogP contribution in [0.5, 0.6) is 0 Å². The van der Waals surface area contributed by atoms with Crippen molar-refractivity contribution in [3.05, 3.63) is 76.6 Å². The first-order valence-electron chi connectivity index (χ1n) is 10.5. The summed E-state index contributed by atoms with van der Waals surface area (Å²) in [4.78, 5) is 42.1. The number of ether oxygens (including phenoxy) is 1. The number of halogens is 1. The third-order valence-electron chi connectivity index (χ3n) is 5.70. The lowest BCUT2D eigenvalue weighted by atomic mass is 10.2. The molecule has 0 atom stereocenters. The molecule has 1 fully saturated rings. The molecule has 166 valence electrons. The smallest absolute Gasteiger partial charge is 0.340 e. The summed E-state index contributed by atoms with van der Waals surface area (Å²) in [5.41, 5.74) is 3.11. The molecule has 2 aromatic heterocycles. The fraction of sp³-hybridized carbons (Fsp3) is 0.292. The van der Waals surface area contributed by atoms with Crippen molar-refractivity contribution in [3.63, 3.8) is 0 Å². The van der Waals surface area contributed by atoms with E-state index < -0.39 is 18.4 Å². The number of hydrogen-bond acceptors (Lipinski definition) is 4. The van der Waals surface area contributed by atoms with Gasteiger partial charge >= 0.3 is 5.97 Å². The molecule has 32 heavy (non-hydrogen) atoms. The molecule has 1 aliphatic heterocycles. The average molecular weight is 437 g/mol. The van der Waals surface area contributed by atoms with Crippen LogP contribution in [0.2, 0.25) is 0 Å². The number of benzene rings is 1. The van der Waals surface area contributed by atoms with Crippen molar-refractivity contribution in [2.75, 3.05) is 19.7 Å². The number of carbonyl (C=O) groups excluding carboxylic acids is 3. The van der Waals surface area contributed by atoms with Crippen molar-refractivity contribution in [2.24, 2.45) is 0 Å². The molecule has 1 aromatic carbocycles. The van der Waals surface area contributed by atoms with E-state index in [2.05, 4.69) is 4.98 Å². The van der Waals surface area contributed by atoms with Crippen molar-refractivity contribution in [1.29, 1.82) is 0 Å². The van der Waals surface area contributed by atoms with E-state index in [9.17, 15) is 18.8 Å². The number of ketones is 1. The first kappa shape index (κ1) is 21.5. The van der Waals surface area contributed by atoms with Crippen LogP contribution in [0.4, 0.5) is 4.39 Å². The zero-order valence-electron chi connectivity index (χ0n) is 18.0. The standard InChI is InChI=1S/C24H24FN3O4/c1-15-11-20(16(2)28(15)19-7-5-18(25)6-8-19)24(31)32-14-22(29)17-12-21(26-13-17)23(30)27-9-3-4-10-27/h5-8,11-13,26H,3-4,9-10,14H2,1-2H3. The van der Waals surface area contributed by atoms with E-state index in [1.165, 1.54) is 24.4 Å². The van der Waals surface area contributed by atoms with Gasteiger partial charge in [-0.15, -0.1) is 0 Å². The van der Waals surface area contributed by atoms with Gasteiger partial charge in [0.1, 0.15) is 11.5 Å². The summed E-state index contributed by atoms with van der Waals surface area (Å²) in [7, 11) is 0. The molecule has 0 unspecified atom stereocenters. The second-order valence-corrected chi connectivity index (χ2v) is 7.90. The number of amides is 1. The number of nitrogens with zero attached hydrogens (tertiary/aromatic N) is 2. The maximum Gasteiger partial charge on any atom is 0.340 e. The highest BCUT2D eigenvalue weighted by molar-refractivity contribution is 6.02. The highest BCUT2D eigenvalue weighted by Crippen LogP contribution is 2.22. The highest BCUT2D eigenvalue weighted by Gasteiger charge is 2.23. The molecule has 0 aliphatic carbocycles. The van der Waals surface area contributed by atoms with Gasteiger partial charge in [-0.1, -0.05) is 0 Å². The van der Waals surface area contributed by atoms with Gasteiger partial charge in [0.15, 0.2) is 6.61 Å². The van der Waals surface area contributed by atoms with Crippen molar-refractivity contribution >= 4 is 17.7 Å². The van der Waals surface area contributed by atoms with Gasteiger partial charge in [0, 0.05) is 41.9 Å². The van der Waals surface area contributed by atoms with Gasteiger partial charge in [-0.25, -0.2) is 9.18 Å². The van der Waals surface area contributed by atoms with Crippen molar-refractivity contribution < 1.29 is 23.5 Å². The van der Waals surface area contributed by atoms with Gasteiger partial charge in [0.2, 0.25) is 5.78 Å². The Balaban J connectivity index is 1.42. The van der Waals surface area contributed by atoms with Gasteiger partial charge in [-0.3, -0.25) is 9.59 Å². The van der Waals surface area contributed by atoms with Gasteiger partial charge in [-0.05, 0) is 63.1 Å². The monoisotopic (exact) mass is 437 g/mol. The molecular weight excluding hydrogens is 413 g/mol. The van der Waals surface area contributed by atoms with Crippen LogP contribution in [0.15, 0.2) is 42.6 Å². The lowest BCUT2D eigenvalue weighted by Crippen LogP contribution is -2.27. The zero-order chi connectivity index (χ0) is 22.8. The van der Waals surface area contributed by atoms with E-state index in [1.54, 1.807) is 30.0 Å². The van der Waals surface area contributed by atoms with Crippen LogP contribution in [0, 0.1) is 19.7 Å². The molecule has 7 nitrogen and oxygen atoms in total. The summed E-state index contributed by atoms with van der Waals surface area (Å²) in [5, 5.41) is 0. The maximum absolute atomic E-state index is 13.2. The SMILES string of the molecule is Cc1cc(C(=O)OCC(=O)c2c[nH]c(C(=O)N3CCCC3)c2)c(C)n1-c1ccc(F)cc1. The Morgan fingerprint density at radius 3 is 2.44 bits per heavy atom. The molecule has 4 rings (SSSR count). The molecule has 0 radical (unpaired) electrons. The number of aryl methyl sites for hydroxylation is 1. The van der Waals surface area contributed by atoms with Crippen molar-refractivity contribution in [1.82, 2.24) is 14.5 Å². The Bertz CT molecular complexity index is 1170. The van der Waals surface area contributed by atoms with Crippen LogP contribution < -0.4 is 0 Å². The fourth-order valence-corrected chi connectivity index (χ4v) is 4.02. The first-order chi connectivity index (χ1) is 15.3. The number of Topliss-reactive ketones (excluding diaryl/α,β-unsaturated/α-hetero) is 1. The third-order valence-corrected chi connectivity index (χ3v) is 5.70. The molecule has 1 amide bonds. The van der Waals surface area contributed by atoms with Crippen LogP contribution in [-0.2, 0) is 4.74 Å². The minimum atomic E-state index is -0.622. The van der Waals surface area contributed by atoms with E-state index in [0.29, 0.717) is 17.0 Å². The summed E-state index contributed by atoms with van der Waals surface area (Å²) >= 11 is 0. The summed E-state index contributed by atoms with van der Waals surface area (Å²) in [6, 6.07) is 9.13. The number of carbonyl (C=O) groups is 3. The molecular formula is C24H24FN3O4. The van der Waals surface area contributed by atoms with Gasteiger partial charge < -0.3 is 19.2 Å². The maximum atomic E-state index is 13.2. The predicted molar refractivity (Wildman–Crippen MR) is 116 cm³/mol. The number of likely N-dealkylation sites (tertiary alicyclic amines) is 1. The number of rotatable bonds is 6. The quantitative estimate of drug-likeness (QED) is 0.469. The van der Waals surface area contributed by atoms with E-state index in [1.807, 2.05) is 11.5 Å². The number of H-pyrrole nitrogens is 1. The van der Waals surface area contributed by atoms with E-state index in [-0.39, 0.29) is 17.3 Å². The third kappa shape index (κ3) is 4.21. The van der Waals surface area contributed by atoms with Crippen molar-refractivity contribution in [2.45, 2.75) is 26.7 Å².